The van der Waals surface area contributed by atoms with Crippen LogP contribution in [0.1, 0.15) is 97.1 Å². The van der Waals surface area contributed by atoms with Gasteiger partial charge in [0.05, 0.1) is 24.3 Å². The van der Waals surface area contributed by atoms with Crippen molar-refractivity contribution in [2.24, 2.45) is 0 Å². The summed E-state index contributed by atoms with van der Waals surface area (Å²) in [6, 6.07) is 3.73. The van der Waals surface area contributed by atoms with Gasteiger partial charge in [0, 0.05) is 0 Å². The molecule has 0 fully saturated rings. The second kappa shape index (κ2) is 9.72. The van der Waals surface area contributed by atoms with Crippen molar-refractivity contribution in [2.45, 2.75) is 65.2 Å². The van der Waals surface area contributed by atoms with Crippen molar-refractivity contribution in [1.82, 2.24) is 0 Å². The number of carbonyl (C=O) groups excluding carboxylic acids is 2. The van der Waals surface area contributed by atoms with Crippen molar-refractivity contribution in [3.8, 4) is 0 Å². The molecule has 1 aromatic rings. The summed E-state index contributed by atoms with van der Waals surface area (Å²) in [5.74, 6) is -0.931. The van der Waals surface area contributed by atoms with Crippen molar-refractivity contribution >= 4 is 23.1 Å². The summed E-state index contributed by atoms with van der Waals surface area (Å²) in [6.45, 7) is 4.08. The van der Waals surface area contributed by atoms with E-state index in [1.54, 1.807) is 13.8 Å². The lowest BCUT2D eigenvalue weighted by Gasteiger charge is -2.22. The smallest absolute Gasteiger partial charge is 0.339 e. The SMILES string of the molecule is CCOC(=O)c1cc(C2=CCCCC2)c(C2=CCCCC2)cc1C(=O)OCC. The highest BCUT2D eigenvalue weighted by Crippen LogP contribution is 2.37. The molecule has 28 heavy (non-hydrogen) atoms. The highest BCUT2D eigenvalue weighted by molar-refractivity contribution is 6.05. The van der Waals surface area contributed by atoms with E-state index in [0.717, 1.165) is 49.7 Å². The van der Waals surface area contributed by atoms with Gasteiger partial charge in [0.25, 0.3) is 0 Å². The van der Waals surface area contributed by atoms with Crippen LogP contribution in [-0.2, 0) is 9.47 Å². The molecule has 0 saturated heterocycles. The minimum atomic E-state index is -0.465. The number of benzene rings is 1. The van der Waals surface area contributed by atoms with Gasteiger partial charge in [-0.05, 0) is 99.6 Å². The van der Waals surface area contributed by atoms with Crippen LogP contribution in [0.15, 0.2) is 24.3 Å². The van der Waals surface area contributed by atoms with E-state index in [-0.39, 0.29) is 13.2 Å². The van der Waals surface area contributed by atoms with Gasteiger partial charge in [-0.3, -0.25) is 0 Å². The van der Waals surface area contributed by atoms with Gasteiger partial charge in [-0.15, -0.1) is 0 Å². The maximum atomic E-state index is 12.6. The number of hydrogen-bond donors (Lipinski definition) is 0. The fraction of sp³-hybridized carbons (Fsp3) is 0.500. The normalized spacial score (nSPS) is 16.8. The third kappa shape index (κ3) is 4.54. The van der Waals surface area contributed by atoms with Crippen molar-refractivity contribution in [3.63, 3.8) is 0 Å². The zero-order valence-electron chi connectivity index (χ0n) is 17.0. The van der Waals surface area contributed by atoms with Gasteiger partial charge in [0.2, 0.25) is 0 Å². The Balaban J connectivity index is 2.18. The maximum absolute atomic E-state index is 12.6. The lowest BCUT2D eigenvalue weighted by Crippen LogP contribution is -2.16. The first-order valence-corrected chi connectivity index (χ1v) is 10.6. The number of ether oxygens (including phenoxy) is 2. The lowest BCUT2D eigenvalue weighted by atomic mass is 9.83. The maximum Gasteiger partial charge on any atom is 0.339 e. The molecule has 0 saturated carbocycles. The van der Waals surface area contributed by atoms with E-state index in [4.69, 9.17) is 9.47 Å². The summed E-state index contributed by atoms with van der Waals surface area (Å²) in [4.78, 5) is 25.3. The fourth-order valence-electron chi connectivity index (χ4n) is 4.05. The number of carbonyl (C=O) groups is 2. The van der Waals surface area contributed by atoms with E-state index in [9.17, 15) is 9.59 Å². The summed E-state index contributed by atoms with van der Waals surface area (Å²) >= 11 is 0. The van der Waals surface area contributed by atoms with Gasteiger partial charge in [0.1, 0.15) is 0 Å². The summed E-state index contributed by atoms with van der Waals surface area (Å²) in [7, 11) is 0. The Morgan fingerprint density at radius 3 is 1.50 bits per heavy atom. The third-order valence-electron chi connectivity index (χ3n) is 5.42. The van der Waals surface area contributed by atoms with Crippen LogP contribution in [0.25, 0.3) is 11.1 Å². The van der Waals surface area contributed by atoms with E-state index in [1.807, 2.05) is 12.1 Å². The highest BCUT2D eigenvalue weighted by atomic mass is 16.5. The zero-order chi connectivity index (χ0) is 19.9. The quantitative estimate of drug-likeness (QED) is 0.570. The van der Waals surface area contributed by atoms with Crippen LogP contribution in [0.5, 0.6) is 0 Å². The molecule has 150 valence electrons. The molecule has 0 heterocycles. The van der Waals surface area contributed by atoms with Gasteiger partial charge < -0.3 is 9.47 Å². The van der Waals surface area contributed by atoms with E-state index < -0.39 is 11.9 Å². The predicted molar refractivity (Wildman–Crippen MR) is 111 cm³/mol. The molecule has 0 unspecified atom stereocenters. The Morgan fingerprint density at radius 1 is 0.750 bits per heavy atom. The molecular formula is C24H30O4. The molecule has 0 amide bonds. The van der Waals surface area contributed by atoms with Crippen LogP contribution >= 0.6 is 0 Å². The van der Waals surface area contributed by atoms with Crippen molar-refractivity contribution < 1.29 is 19.1 Å². The zero-order valence-corrected chi connectivity index (χ0v) is 17.0. The predicted octanol–water partition coefficient (Wildman–Crippen LogP) is 5.95. The molecule has 0 spiro atoms. The number of allylic oxidation sites excluding steroid dienone is 4. The number of esters is 2. The molecule has 2 aliphatic carbocycles. The molecule has 3 rings (SSSR count). The second-order valence-electron chi connectivity index (χ2n) is 7.33. The highest BCUT2D eigenvalue weighted by Gasteiger charge is 2.25. The molecule has 4 nitrogen and oxygen atoms in total. The van der Waals surface area contributed by atoms with Crippen LogP contribution in [0, 0.1) is 0 Å². The summed E-state index contributed by atoms with van der Waals surface area (Å²) in [6.07, 6.45) is 13.4. The molecule has 0 bridgehead atoms. The van der Waals surface area contributed by atoms with Crippen molar-refractivity contribution in [3.05, 3.63) is 46.5 Å². The lowest BCUT2D eigenvalue weighted by molar-refractivity contribution is 0.0479. The van der Waals surface area contributed by atoms with Crippen molar-refractivity contribution in [1.29, 1.82) is 0 Å². The van der Waals surface area contributed by atoms with Gasteiger partial charge in [-0.25, -0.2) is 9.59 Å². The molecule has 0 radical (unpaired) electrons. The van der Waals surface area contributed by atoms with Crippen LogP contribution in [0.4, 0.5) is 0 Å². The molecule has 0 aromatic heterocycles. The molecule has 0 aliphatic heterocycles. The van der Waals surface area contributed by atoms with Crippen LogP contribution in [-0.4, -0.2) is 25.2 Å². The van der Waals surface area contributed by atoms with Gasteiger partial charge in [-0.2, -0.15) is 0 Å². The van der Waals surface area contributed by atoms with Crippen molar-refractivity contribution in [2.75, 3.05) is 13.2 Å². The van der Waals surface area contributed by atoms with Gasteiger partial charge in [0.15, 0.2) is 0 Å². The number of hydrogen-bond acceptors (Lipinski definition) is 4. The Morgan fingerprint density at radius 2 is 1.18 bits per heavy atom. The van der Waals surface area contributed by atoms with E-state index in [0.29, 0.717) is 11.1 Å². The minimum absolute atomic E-state index is 0.270. The third-order valence-corrected chi connectivity index (χ3v) is 5.42. The van der Waals surface area contributed by atoms with E-state index in [2.05, 4.69) is 12.2 Å². The van der Waals surface area contributed by atoms with E-state index in [1.165, 1.54) is 24.0 Å². The Hall–Kier alpha value is -2.36. The van der Waals surface area contributed by atoms with Crippen LogP contribution in [0.2, 0.25) is 0 Å². The molecule has 0 atom stereocenters. The average molecular weight is 383 g/mol. The first-order chi connectivity index (χ1) is 13.7. The Kier molecular flexibility index (Phi) is 7.07. The Bertz CT molecular complexity index is 734. The van der Waals surface area contributed by atoms with Gasteiger partial charge in [-0.1, -0.05) is 12.2 Å². The summed E-state index contributed by atoms with van der Waals surface area (Å²) in [5.41, 5.74) is 5.30. The largest absolute Gasteiger partial charge is 0.462 e. The summed E-state index contributed by atoms with van der Waals surface area (Å²) in [5, 5.41) is 0. The fourth-order valence-corrected chi connectivity index (χ4v) is 4.05. The first-order valence-electron chi connectivity index (χ1n) is 10.6. The topological polar surface area (TPSA) is 52.6 Å². The minimum Gasteiger partial charge on any atom is -0.462 e. The second-order valence-corrected chi connectivity index (χ2v) is 7.33. The Labute approximate surface area is 167 Å². The first kappa shape index (κ1) is 20.4. The van der Waals surface area contributed by atoms with Crippen LogP contribution < -0.4 is 0 Å². The summed E-state index contributed by atoms with van der Waals surface area (Å²) < 4.78 is 10.5. The monoisotopic (exact) mass is 382 g/mol. The molecular weight excluding hydrogens is 352 g/mol. The molecule has 4 heteroatoms. The van der Waals surface area contributed by atoms with E-state index >= 15 is 0 Å². The molecule has 1 aromatic carbocycles. The molecule has 2 aliphatic rings. The molecule has 0 N–H and O–H groups in total. The number of rotatable bonds is 6. The standard InChI is InChI=1S/C24H30O4/c1-3-27-23(25)21-15-19(17-11-7-5-8-12-17)20(18-13-9-6-10-14-18)16-22(21)24(26)28-4-2/h11,13,15-16H,3-10,12,14H2,1-2H3. The van der Waals surface area contributed by atoms with Gasteiger partial charge >= 0.3 is 11.9 Å². The van der Waals surface area contributed by atoms with Crippen LogP contribution in [0.3, 0.4) is 0 Å². The average Bonchev–Trinajstić information content (AvgIpc) is 2.74.